The van der Waals surface area contributed by atoms with Crippen molar-refractivity contribution >= 4 is 31.9 Å². The molecule has 0 fully saturated rings. The fourth-order valence-corrected chi connectivity index (χ4v) is 2.59. The minimum absolute atomic E-state index is 0.230. The molecule has 6 heteroatoms. The maximum Gasteiger partial charge on any atom is 0.254 e. The van der Waals surface area contributed by atoms with Crippen LogP contribution in [0, 0.1) is 0 Å². The quantitative estimate of drug-likeness (QED) is 0.618. The van der Waals surface area contributed by atoms with Crippen molar-refractivity contribution in [1.29, 1.82) is 0 Å². The highest BCUT2D eigenvalue weighted by molar-refractivity contribution is 9.10. The zero-order valence-electron chi connectivity index (χ0n) is 10.8. The van der Waals surface area contributed by atoms with E-state index in [4.69, 9.17) is 9.15 Å². The van der Waals surface area contributed by atoms with Gasteiger partial charge in [0.2, 0.25) is 5.89 Å². The minimum Gasteiger partial charge on any atom is -0.484 e. The van der Waals surface area contributed by atoms with Gasteiger partial charge in [-0.1, -0.05) is 34.1 Å². The molecule has 3 aromatic rings. The Morgan fingerprint density at radius 2 is 1.86 bits per heavy atom. The van der Waals surface area contributed by atoms with Crippen molar-refractivity contribution in [1.82, 2.24) is 10.2 Å². The molecule has 0 unspecified atom stereocenters. The maximum atomic E-state index is 5.61. The van der Waals surface area contributed by atoms with Crippen molar-refractivity contribution in [3.63, 3.8) is 0 Å². The van der Waals surface area contributed by atoms with E-state index in [1.807, 2.05) is 48.5 Å². The second kappa shape index (κ2) is 6.41. The number of nitrogens with zero attached hydrogens (tertiary/aromatic N) is 2. The number of halogens is 2. The van der Waals surface area contributed by atoms with E-state index in [9.17, 15) is 0 Å². The molecule has 0 aliphatic heterocycles. The topological polar surface area (TPSA) is 48.2 Å². The van der Waals surface area contributed by atoms with Crippen LogP contribution in [0.5, 0.6) is 5.75 Å². The standard InChI is InChI=1S/C15H10Br2N2O2/c16-10-4-3-5-11(8-10)20-9-14-18-19-15(21-14)12-6-1-2-7-13(12)17/h1-8H,9H2. The van der Waals surface area contributed by atoms with Gasteiger partial charge < -0.3 is 9.15 Å². The normalized spacial score (nSPS) is 10.6. The molecular formula is C15H10Br2N2O2. The molecule has 0 saturated carbocycles. The minimum atomic E-state index is 0.230. The van der Waals surface area contributed by atoms with Crippen LogP contribution in [-0.2, 0) is 6.61 Å². The summed E-state index contributed by atoms with van der Waals surface area (Å²) in [5, 5.41) is 8.04. The Balaban J connectivity index is 1.72. The van der Waals surface area contributed by atoms with Gasteiger partial charge in [0.05, 0.1) is 5.56 Å². The highest BCUT2D eigenvalue weighted by Gasteiger charge is 2.11. The molecule has 0 N–H and O–H groups in total. The van der Waals surface area contributed by atoms with Crippen molar-refractivity contribution in [2.45, 2.75) is 6.61 Å². The average Bonchev–Trinajstić information content (AvgIpc) is 2.94. The summed E-state index contributed by atoms with van der Waals surface area (Å²) in [5.41, 5.74) is 0.860. The summed E-state index contributed by atoms with van der Waals surface area (Å²) in [7, 11) is 0. The van der Waals surface area contributed by atoms with Crippen LogP contribution in [0.2, 0.25) is 0 Å². The predicted molar refractivity (Wildman–Crippen MR) is 85.9 cm³/mol. The maximum absolute atomic E-state index is 5.61. The van der Waals surface area contributed by atoms with E-state index in [-0.39, 0.29) is 6.61 Å². The van der Waals surface area contributed by atoms with Crippen LogP contribution in [0.3, 0.4) is 0 Å². The lowest BCUT2D eigenvalue weighted by Gasteiger charge is -2.03. The summed E-state index contributed by atoms with van der Waals surface area (Å²) in [4.78, 5) is 0. The van der Waals surface area contributed by atoms with Crippen molar-refractivity contribution in [3.8, 4) is 17.2 Å². The van der Waals surface area contributed by atoms with Gasteiger partial charge >= 0.3 is 0 Å². The zero-order valence-corrected chi connectivity index (χ0v) is 14.0. The van der Waals surface area contributed by atoms with Gasteiger partial charge in [-0.3, -0.25) is 0 Å². The summed E-state index contributed by atoms with van der Waals surface area (Å²) in [5.74, 6) is 1.64. The predicted octanol–water partition coefficient (Wildman–Crippen LogP) is 4.84. The van der Waals surface area contributed by atoms with E-state index in [2.05, 4.69) is 42.1 Å². The number of ether oxygens (including phenoxy) is 1. The molecule has 1 heterocycles. The molecule has 1 aromatic heterocycles. The number of hydrogen-bond acceptors (Lipinski definition) is 4. The third-order valence-electron chi connectivity index (χ3n) is 2.73. The Morgan fingerprint density at radius 1 is 1.00 bits per heavy atom. The first-order chi connectivity index (χ1) is 10.2. The third kappa shape index (κ3) is 3.51. The summed E-state index contributed by atoms with van der Waals surface area (Å²) in [6.07, 6.45) is 0. The van der Waals surface area contributed by atoms with Crippen LogP contribution >= 0.6 is 31.9 Å². The van der Waals surface area contributed by atoms with Gasteiger partial charge in [-0.2, -0.15) is 0 Å². The first-order valence-corrected chi connectivity index (χ1v) is 7.76. The summed E-state index contributed by atoms with van der Waals surface area (Å²) in [6.45, 7) is 0.230. The van der Waals surface area contributed by atoms with Crippen molar-refractivity contribution in [2.24, 2.45) is 0 Å². The molecule has 2 aromatic carbocycles. The summed E-state index contributed by atoms with van der Waals surface area (Å²) < 4.78 is 13.1. The van der Waals surface area contributed by atoms with E-state index in [0.29, 0.717) is 11.8 Å². The molecule has 21 heavy (non-hydrogen) atoms. The molecule has 4 nitrogen and oxygen atoms in total. The average molecular weight is 410 g/mol. The van der Waals surface area contributed by atoms with Crippen molar-refractivity contribution in [3.05, 3.63) is 63.4 Å². The van der Waals surface area contributed by atoms with Crippen LogP contribution in [0.25, 0.3) is 11.5 Å². The molecule has 0 atom stereocenters. The van der Waals surface area contributed by atoms with Crippen molar-refractivity contribution < 1.29 is 9.15 Å². The molecule has 3 rings (SSSR count). The molecular weight excluding hydrogens is 400 g/mol. The Hall–Kier alpha value is -1.66. The van der Waals surface area contributed by atoms with E-state index in [1.54, 1.807) is 0 Å². The number of benzene rings is 2. The van der Waals surface area contributed by atoms with Gasteiger partial charge in [-0.05, 0) is 46.3 Å². The highest BCUT2D eigenvalue weighted by atomic mass is 79.9. The molecule has 0 aliphatic rings. The van der Waals surface area contributed by atoms with Gasteiger partial charge in [-0.15, -0.1) is 10.2 Å². The highest BCUT2D eigenvalue weighted by Crippen LogP contribution is 2.27. The van der Waals surface area contributed by atoms with Gasteiger partial charge in [0.1, 0.15) is 5.75 Å². The Bertz CT molecular complexity index is 759. The van der Waals surface area contributed by atoms with Crippen LogP contribution < -0.4 is 4.74 Å². The van der Waals surface area contributed by atoms with Gasteiger partial charge in [0, 0.05) is 8.95 Å². The van der Waals surface area contributed by atoms with E-state index in [0.717, 1.165) is 20.3 Å². The largest absolute Gasteiger partial charge is 0.484 e. The van der Waals surface area contributed by atoms with Crippen molar-refractivity contribution in [2.75, 3.05) is 0 Å². The lowest BCUT2D eigenvalue weighted by Crippen LogP contribution is -1.95. The van der Waals surface area contributed by atoms with Crippen LogP contribution in [0.15, 0.2) is 61.9 Å². The number of rotatable bonds is 4. The molecule has 0 spiro atoms. The fraction of sp³-hybridized carbons (Fsp3) is 0.0667. The van der Waals surface area contributed by atoms with E-state index >= 15 is 0 Å². The van der Waals surface area contributed by atoms with E-state index < -0.39 is 0 Å². The lowest BCUT2D eigenvalue weighted by molar-refractivity contribution is 0.264. The Morgan fingerprint density at radius 3 is 2.67 bits per heavy atom. The number of hydrogen-bond donors (Lipinski definition) is 0. The van der Waals surface area contributed by atoms with Crippen LogP contribution in [0.4, 0.5) is 0 Å². The second-order valence-electron chi connectivity index (χ2n) is 4.23. The van der Waals surface area contributed by atoms with E-state index in [1.165, 1.54) is 0 Å². The Labute approximate surface area is 138 Å². The van der Waals surface area contributed by atoms with Gasteiger partial charge in [0.15, 0.2) is 6.61 Å². The van der Waals surface area contributed by atoms with Gasteiger partial charge in [-0.25, -0.2) is 0 Å². The van der Waals surface area contributed by atoms with Crippen LogP contribution in [0.1, 0.15) is 5.89 Å². The summed E-state index contributed by atoms with van der Waals surface area (Å²) >= 11 is 6.86. The van der Waals surface area contributed by atoms with Gasteiger partial charge in [0.25, 0.3) is 5.89 Å². The lowest BCUT2D eigenvalue weighted by atomic mass is 10.2. The monoisotopic (exact) mass is 408 g/mol. The molecule has 0 saturated heterocycles. The third-order valence-corrected chi connectivity index (χ3v) is 3.91. The smallest absolute Gasteiger partial charge is 0.254 e. The first-order valence-electron chi connectivity index (χ1n) is 6.18. The van der Waals surface area contributed by atoms with Crippen LogP contribution in [-0.4, -0.2) is 10.2 Å². The summed E-state index contributed by atoms with van der Waals surface area (Å²) in [6, 6.07) is 15.3. The Kier molecular flexibility index (Phi) is 4.36. The zero-order chi connectivity index (χ0) is 14.7. The second-order valence-corrected chi connectivity index (χ2v) is 6.00. The molecule has 0 bridgehead atoms. The SMILES string of the molecule is Brc1cccc(OCc2nnc(-c3ccccc3Br)o2)c1. The molecule has 0 radical (unpaired) electrons. The molecule has 106 valence electrons. The fourth-order valence-electron chi connectivity index (χ4n) is 1.76. The number of aromatic nitrogens is 2. The first kappa shape index (κ1) is 14.3. The molecule has 0 aliphatic carbocycles. The molecule has 0 amide bonds.